The lowest BCUT2D eigenvalue weighted by Gasteiger charge is -2.31. The molecule has 0 aromatic rings. The number of hydrogen-bond acceptors (Lipinski definition) is 4. The summed E-state index contributed by atoms with van der Waals surface area (Å²) < 4.78 is 0. The molecule has 17 heavy (non-hydrogen) atoms. The van der Waals surface area contributed by atoms with E-state index in [9.17, 15) is 5.26 Å². The van der Waals surface area contributed by atoms with E-state index in [2.05, 4.69) is 32.2 Å². The monoisotopic (exact) mass is 256 g/mol. The molecule has 2 N–H and O–H groups in total. The molecule has 0 heterocycles. The van der Waals surface area contributed by atoms with Crippen LogP contribution in [0.25, 0.3) is 0 Å². The molecule has 3 nitrogen and oxygen atoms in total. The topological polar surface area (TPSA) is 56.0 Å². The summed E-state index contributed by atoms with van der Waals surface area (Å²) in [6.45, 7) is 6.53. The minimum atomic E-state index is -0.359. The zero-order chi connectivity index (χ0) is 12.9. The average molecular weight is 256 g/mol. The Morgan fingerprint density at radius 2 is 2.12 bits per heavy atom. The Morgan fingerprint density at radius 3 is 2.53 bits per heavy atom. The predicted molar refractivity (Wildman–Crippen MR) is 73.0 cm³/mol. The minimum absolute atomic E-state index is 0.231. The summed E-state index contributed by atoms with van der Waals surface area (Å²) in [4.78, 5) is 0. The van der Waals surface area contributed by atoms with Crippen LogP contribution in [-0.2, 0) is 0 Å². The van der Waals surface area contributed by atoms with Crippen LogP contribution in [-0.4, -0.2) is 34.3 Å². The van der Waals surface area contributed by atoms with E-state index in [0.717, 1.165) is 12.2 Å². The van der Waals surface area contributed by atoms with Gasteiger partial charge in [-0.3, -0.25) is 5.32 Å². The van der Waals surface area contributed by atoms with E-state index < -0.39 is 0 Å². The molecule has 0 saturated heterocycles. The van der Waals surface area contributed by atoms with Gasteiger partial charge < -0.3 is 5.11 Å². The van der Waals surface area contributed by atoms with E-state index in [1.54, 1.807) is 11.8 Å². The summed E-state index contributed by atoms with van der Waals surface area (Å²) in [5.74, 6) is 1.34. The van der Waals surface area contributed by atoms with Gasteiger partial charge in [-0.15, -0.1) is 0 Å². The Hall–Kier alpha value is -0.240. The molecule has 0 amide bonds. The van der Waals surface area contributed by atoms with Crippen molar-refractivity contribution in [2.45, 2.75) is 56.9 Å². The van der Waals surface area contributed by atoms with Crippen molar-refractivity contribution in [1.29, 1.82) is 5.26 Å². The van der Waals surface area contributed by atoms with Crippen molar-refractivity contribution < 1.29 is 5.11 Å². The van der Waals surface area contributed by atoms with E-state index in [0.29, 0.717) is 17.2 Å². The zero-order valence-corrected chi connectivity index (χ0v) is 11.9. The van der Waals surface area contributed by atoms with Crippen LogP contribution in [0.2, 0.25) is 0 Å². The minimum Gasteiger partial charge on any atom is -0.396 e. The van der Waals surface area contributed by atoms with Gasteiger partial charge in [0, 0.05) is 23.7 Å². The number of nitriles is 1. The van der Waals surface area contributed by atoms with Crippen molar-refractivity contribution in [3.8, 4) is 6.07 Å². The summed E-state index contributed by atoms with van der Waals surface area (Å²) in [6, 6.07) is 2.85. The largest absolute Gasteiger partial charge is 0.396 e. The van der Waals surface area contributed by atoms with Gasteiger partial charge in [0.2, 0.25) is 0 Å². The highest BCUT2D eigenvalue weighted by Crippen LogP contribution is 2.42. The predicted octanol–water partition coefficient (Wildman–Crippen LogP) is 2.16. The first-order valence-corrected chi connectivity index (χ1v) is 7.50. The third-order valence-electron chi connectivity index (χ3n) is 3.15. The molecule has 0 spiro atoms. The number of nitrogens with one attached hydrogen (secondary N) is 1. The highest BCUT2D eigenvalue weighted by Gasteiger charge is 2.46. The van der Waals surface area contributed by atoms with E-state index in [1.807, 2.05) is 0 Å². The molecule has 0 aromatic carbocycles. The first-order chi connectivity index (χ1) is 8.04. The SMILES string of the molecule is CC(C)NC(C#N)(CSC(C)CCO)C1CC1. The van der Waals surface area contributed by atoms with E-state index >= 15 is 0 Å². The quantitative estimate of drug-likeness (QED) is 0.699. The number of thioether (sulfide) groups is 1. The van der Waals surface area contributed by atoms with Gasteiger partial charge in [0.1, 0.15) is 5.54 Å². The normalized spacial score (nSPS) is 20.9. The average Bonchev–Trinajstić information content (AvgIpc) is 3.08. The lowest BCUT2D eigenvalue weighted by atomic mass is 9.96. The first kappa shape index (κ1) is 14.8. The van der Waals surface area contributed by atoms with Gasteiger partial charge in [0.15, 0.2) is 0 Å². The molecule has 2 atom stereocenters. The van der Waals surface area contributed by atoms with Crippen LogP contribution in [0, 0.1) is 17.2 Å². The Morgan fingerprint density at radius 1 is 1.47 bits per heavy atom. The highest BCUT2D eigenvalue weighted by molar-refractivity contribution is 7.99. The van der Waals surface area contributed by atoms with Gasteiger partial charge in [0.25, 0.3) is 0 Å². The molecule has 98 valence electrons. The van der Waals surface area contributed by atoms with Crippen LogP contribution in [0.3, 0.4) is 0 Å². The second-order valence-electron chi connectivity index (χ2n) is 5.29. The van der Waals surface area contributed by atoms with Crippen molar-refractivity contribution in [3.05, 3.63) is 0 Å². The van der Waals surface area contributed by atoms with Gasteiger partial charge in [-0.2, -0.15) is 17.0 Å². The Balaban J connectivity index is 2.54. The molecule has 0 aromatic heterocycles. The van der Waals surface area contributed by atoms with Crippen LogP contribution in [0.1, 0.15) is 40.0 Å². The van der Waals surface area contributed by atoms with Gasteiger partial charge in [-0.1, -0.05) is 6.92 Å². The van der Waals surface area contributed by atoms with Crippen LogP contribution in [0.5, 0.6) is 0 Å². The van der Waals surface area contributed by atoms with Crippen LogP contribution >= 0.6 is 11.8 Å². The van der Waals surface area contributed by atoms with Crippen LogP contribution in [0.4, 0.5) is 0 Å². The van der Waals surface area contributed by atoms with Crippen LogP contribution in [0.15, 0.2) is 0 Å². The highest BCUT2D eigenvalue weighted by atomic mass is 32.2. The molecular formula is C13H24N2OS. The lowest BCUT2D eigenvalue weighted by Crippen LogP contribution is -2.51. The molecule has 1 aliphatic rings. The fraction of sp³-hybridized carbons (Fsp3) is 0.923. The Kier molecular flexibility index (Phi) is 5.78. The molecular weight excluding hydrogens is 232 g/mol. The van der Waals surface area contributed by atoms with Crippen molar-refractivity contribution in [2.24, 2.45) is 5.92 Å². The molecule has 0 bridgehead atoms. The standard InChI is InChI=1S/C13H24N2OS/c1-10(2)15-13(8-14,12-4-5-12)9-17-11(3)6-7-16/h10-12,15-16H,4-7,9H2,1-3H3. The number of nitrogens with zero attached hydrogens (tertiary/aromatic N) is 1. The lowest BCUT2D eigenvalue weighted by molar-refractivity contribution is 0.288. The van der Waals surface area contributed by atoms with Crippen molar-refractivity contribution in [1.82, 2.24) is 5.32 Å². The first-order valence-electron chi connectivity index (χ1n) is 6.45. The molecule has 4 heteroatoms. The summed E-state index contributed by atoms with van der Waals surface area (Å²) in [6.07, 6.45) is 3.14. The van der Waals surface area contributed by atoms with Crippen LogP contribution < -0.4 is 5.32 Å². The Labute approximate surface area is 109 Å². The summed E-state index contributed by atoms with van der Waals surface area (Å²) in [5.41, 5.74) is -0.359. The maximum Gasteiger partial charge on any atom is 0.118 e. The maximum atomic E-state index is 9.50. The summed E-state index contributed by atoms with van der Waals surface area (Å²) in [7, 11) is 0. The molecule has 1 saturated carbocycles. The second-order valence-corrected chi connectivity index (χ2v) is 6.72. The number of hydrogen-bond donors (Lipinski definition) is 2. The molecule has 2 unspecified atom stereocenters. The number of rotatable bonds is 8. The summed E-state index contributed by atoms with van der Waals surface area (Å²) >= 11 is 1.80. The third-order valence-corrected chi connectivity index (χ3v) is 4.58. The maximum absolute atomic E-state index is 9.50. The zero-order valence-electron chi connectivity index (χ0n) is 11.1. The van der Waals surface area contributed by atoms with Crippen molar-refractivity contribution in [2.75, 3.05) is 12.4 Å². The van der Waals surface area contributed by atoms with Crippen molar-refractivity contribution in [3.63, 3.8) is 0 Å². The summed E-state index contributed by atoms with van der Waals surface area (Å²) in [5, 5.41) is 22.3. The smallest absolute Gasteiger partial charge is 0.118 e. The molecule has 0 aliphatic heterocycles. The molecule has 1 rings (SSSR count). The fourth-order valence-corrected chi connectivity index (χ4v) is 3.27. The third kappa shape index (κ3) is 4.50. The van der Waals surface area contributed by atoms with E-state index in [4.69, 9.17) is 5.11 Å². The Bertz CT molecular complexity index is 273. The fourth-order valence-electron chi connectivity index (χ4n) is 2.06. The molecule has 0 radical (unpaired) electrons. The molecule has 1 aliphatic carbocycles. The second kappa shape index (κ2) is 6.63. The van der Waals surface area contributed by atoms with Gasteiger partial charge in [0.05, 0.1) is 6.07 Å². The number of aliphatic hydroxyl groups excluding tert-OH is 1. The van der Waals surface area contributed by atoms with Gasteiger partial charge in [-0.25, -0.2) is 0 Å². The van der Waals surface area contributed by atoms with E-state index in [1.165, 1.54) is 12.8 Å². The van der Waals surface area contributed by atoms with E-state index in [-0.39, 0.29) is 12.1 Å². The molecule has 1 fully saturated rings. The van der Waals surface area contributed by atoms with Gasteiger partial charge >= 0.3 is 0 Å². The van der Waals surface area contributed by atoms with Gasteiger partial charge in [-0.05, 0) is 39.0 Å². The number of aliphatic hydroxyl groups is 1. The van der Waals surface area contributed by atoms with Crippen molar-refractivity contribution >= 4 is 11.8 Å².